The third kappa shape index (κ3) is 3.02. The van der Waals surface area contributed by atoms with Gasteiger partial charge in [0, 0.05) is 37.6 Å². The SMILES string of the molecule is Cn1nc(N)cc1Oc1cc(C#N)ccc1-c1ncc(CN)cn1. The first-order valence-corrected chi connectivity index (χ1v) is 7.13. The molecule has 8 heteroatoms. The second-order valence-electron chi connectivity index (χ2n) is 5.07. The molecule has 1 aromatic carbocycles. The van der Waals surface area contributed by atoms with Gasteiger partial charge in [-0.1, -0.05) is 0 Å². The molecule has 3 rings (SSSR count). The van der Waals surface area contributed by atoms with Crippen LogP contribution in [0, 0.1) is 11.3 Å². The van der Waals surface area contributed by atoms with Crippen molar-refractivity contribution in [1.82, 2.24) is 19.7 Å². The van der Waals surface area contributed by atoms with Gasteiger partial charge in [-0.25, -0.2) is 14.6 Å². The van der Waals surface area contributed by atoms with Crippen LogP contribution in [-0.2, 0) is 13.6 Å². The second kappa shape index (κ2) is 6.36. The van der Waals surface area contributed by atoms with Crippen LogP contribution in [0.4, 0.5) is 5.82 Å². The van der Waals surface area contributed by atoms with Crippen LogP contribution in [0.2, 0.25) is 0 Å². The van der Waals surface area contributed by atoms with Crippen LogP contribution in [-0.4, -0.2) is 19.7 Å². The van der Waals surface area contributed by atoms with Crippen molar-refractivity contribution in [1.29, 1.82) is 5.26 Å². The van der Waals surface area contributed by atoms with E-state index < -0.39 is 0 Å². The Morgan fingerprint density at radius 1 is 1.25 bits per heavy atom. The quantitative estimate of drug-likeness (QED) is 0.746. The molecule has 0 aliphatic carbocycles. The van der Waals surface area contributed by atoms with E-state index in [1.165, 1.54) is 4.68 Å². The maximum absolute atomic E-state index is 9.13. The largest absolute Gasteiger partial charge is 0.438 e. The van der Waals surface area contributed by atoms with Crippen molar-refractivity contribution in [3.63, 3.8) is 0 Å². The van der Waals surface area contributed by atoms with Gasteiger partial charge in [-0.05, 0) is 18.2 Å². The summed E-state index contributed by atoms with van der Waals surface area (Å²) in [7, 11) is 1.71. The lowest BCUT2D eigenvalue weighted by Gasteiger charge is -2.11. The predicted octanol–water partition coefficient (Wildman–Crippen LogP) is 1.58. The summed E-state index contributed by atoms with van der Waals surface area (Å²) in [5.41, 5.74) is 13.2. The molecule has 3 aromatic rings. The number of aromatic nitrogens is 4. The van der Waals surface area contributed by atoms with E-state index in [2.05, 4.69) is 21.1 Å². The molecular formula is C16H15N7O. The average molecular weight is 321 g/mol. The highest BCUT2D eigenvalue weighted by Gasteiger charge is 2.14. The molecule has 0 aliphatic heterocycles. The van der Waals surface area contributed by atoms with Gasteiger partial charge in [0.25, 0.3) is 0 Å². The van der Waals surface area contributed by atoms with Crippen LogP contribution >= 0.6 is 0 Å². The highest BCUT2D eigenvalue weighted by Crippen LogP contribution is 2.32. The van der Waals surface area contributed by atoms with Crippen molar-refractivity contribution >= 4 is 5.82 Å². The molecule has 8 nitrogen and oxygen atoms in total. The zero-order valence-corrected chi connectivity index (χ0v) is 13.0. The minimum atomic E-state index is 0.342. The van der Waals surface area contributed by atoms with Crippen molar-refractivity contribution in [3.05, 3.63) is 47.8 Å². The lowest BCUT2D eigenvalue weighted by Crippen LogP contribution is -2.01. The van der Waals surface area contributed by atoms with E-state index in [1.54, 1.807) is 43.7 Å². The number of hydrogen-bond acceptors (Lipinski definition) is 7. The molecule has 2 heterocycles. The number of nitrogens with two attached hydrogens (primary N) is 2. The highest BCUT2D eigenvalue weighted by molar-refractivity contribution is 5.66. The lowest BCUT2D eigenvalue weighted by atomic mass is 10.1. The topological polar surface area (TPSA) is 129 Å². The molecule has 0 fully saturated rings. The van der Waals surface area contributed by atoms with Crippen LogP contribution < -0.4 is 16.2 Å². The number of nitrogen functional groups attached to an aromatic ring is 1. The second-order valence-corrected chi connectivity index (χ2v) is 5.07. The summed E-state index contributed by atoms with van der Waals surface area (Å²) >= 11 is 0. The molecule has 4 N–H and O–H groups in total. The summed E-state index contributed by atoms with van der Waals surface area (Å²) in [6, 6.07) is 8.73. The smallest absolute Gasteiger partial charge is 0.219 e. The average Bonchev–Trinajstić information content (AvgIpc) is 2.92. The van der Waals surface area contributed by atoms with Gasteiger partial charge < -0.3 is 16.2 Å². The first-order chi connectivity index (χ1) is 11.6. The fraction of sp³-hybridized carbons (Fsp3) is 0.125. The van der Waals surface area contributed by atoms with Crippen molar-refractivity contribution in [2.24, 2.45) is 12.8 Å². The molecule has 120 valence electrons. The number of ether oxygens (including phenoxy) is 1. The molecule has 0 radical (unpaired) electrons. The summed E-state index contributed by atoms with van der Waals surface area (Å²) in [6.07, 6.45) is 3.32. The van der Waals surface area contributed by atoms with Crippen molar-refractivity contribution < 1.29 is 4.74 Å². The zero-order valence-electron chi connectivity index (χ0n) is 13.0. The van der Waals surface area contributed by atoms with Crippen LogP contribution in [0.5, 0.6) is 11.6 Å². The van der Waals surface area contributed by atoms with Crippen LogP contribution in [0.1, 0.15) is 11.1 Å². The maximum atomic E-state index is 9.13. The Morgan fingerprint density at radius 3 is 2.58 bits per heavy atom. The first kappa shape index (κ1) is 15.5. The molecule has 24 heavy (non-hydrogen) atoms. The molecule has 0 unspecified atom stereocenters. The summed E-state index contributed by atoms with van der Waals surface area (Å²) in [5, 5.41) is 13.2. The minimum absolute atomic E-state index is 0.342. The number of benzene rings is 1. The molecule has 0 aliphatic rings. The number of anilines is 1. The van der Waals surface area contributed by atoms with Crippen LogP contribution in [0.15, 0.2) is 36.7 Å². The van der Waals surface area contributed by atoms with Crippen LogP contribution in [0.3, 0.4) is 0 Å². The molecule has 0 saturated carbocycles. The van der Waals surface area contributed by atoms with Gasteiger partial charge >= 0.3 is 0 Å². The fourth-order valence-electron chi connectivity index (χ4n) is 2.14. The van der Waals surface area contributed by atoms with Gasteiger partial charge in [-0.2, -0.15) is 10.4 Å². The minimum Gasteiger partial charge on any atom is -0.438 e. The standard InChI is InChI=1S/C16H15N7O/c1-23-15(5-14(19)22-23)24-13-4-10(6-17)2-3-12(13)16-20-8-11(7-18)9-21-16/h2-5,8-9H,7,18H2,1H3,(H2,19,22). The summed E-state index contributed by atoms with van der Waals surface area (Å²) in [4.78, 5) is 8.61. The van der Waals surface area contributed by atoms with Gasteiger partial charge in [0.1, 0.15) is 11.6 Å². The van der Waals surface area contributed by atoms with E-state index in [0.717, 1.165) is 5.56 Å². The van der Waals surface area contributed by atoms with Gasteiger partial charge in [-0.3, -0.25) is 0 Å². The molecule has 0 saturated heterocycles. The Morgan fingerprint density at radius 2 is 2.00 bits per heavy atom. The number of nitrogens with zero attached hydrogens (tertiary/aromatic N) is 5. The van der Waals surface area contributed by atoms with Crippen molar-refractivity contribution in [2.45, 2.75) is 6.54 Å². The normalized spacial score (nSPS) is 10.4. The maximum Gasteiger partial charge on any atom is 0.219 e. The van der Waals surface area contributed by atoms with E-state index >= 15 is 0 Å². The summed E-state index contributed by atoms with van der Waals surface area (Å²) in [6.45, 7) is 0.366. The van der Waals surface area contributed by atoms with E-state index in [0.29, 0.717) is 40.9 Å². The van der Waals surface area contributed by atoms with E-state index in [-0.39, 0.29) is 0 Å². The molecule has 0 atom stereocenters. The predicted molar refractivity (Wildman–Crippen MR) is 87.8 cm³/mol. The highest BCUT2D eigenvalue weighted by atomic mass is 16.5. The molecule has 0 spiro atoms. The number of nitriles is 1. The molecule has 2 aromatic heterocycles. The van der Waals surface area contributed by atoms with Crippen molar-refractivity contribution in [3.8, 4) is 29.1 Å². The van der Waals surface area contributed by atoms with Gasteiger partial charge in [-0.15, -0.1) is 0 Å². The van der Waals surface area contributed by atoms with Crippen LogP contribution in [0.25, 0.3) is 11.4 Å². The Bertz CT molecular complexity index is 909. The van der Waals surface area contributed by atoms with Gasteiger partial charge in [0.2, 0.25) is 5.88 Å². The van der Waals surface area contributed by atoms with E-state index in [9.17, 15) is 0 Å². The van der Waals surface area contributed by atoms with E-state index in [4.69, 9.17) is 21.5 Å². The number of hydrogen-bond donors (Lipinski definition) is 2. The molecule has 0 amide bonds. The Balaban J connectivity index is 2.05. The lowest BCUT2D eigenvalue weighted by molar-refractivity contribution is 0.432. The monoisotopic (exact) mass is 321 g/mol. The molecule has 0 bridgehead atoms. The third-order valence-corrected chi connectivity index (χ3v) is 3.36. The zero-order chi connectivity index (χ0) is 17.1. The number of aryl methyl sites for hydroxylation is 1. The van der Waals surface area contributed by atoms with Gasteiger partial charge in [0.15, 0.2) is 5.82 Å². The summed E-state index contributed by atoms with van der Waals surface area (Å²) < 4.78 is 7.39. The van der Waals surface area contributed by atoms with E-state index in [1.807, 2.05) is 0 Å². The Kier molecular flexibility index (Phi) is 4.09. The Labute approximate surface area is 138 Å². The molecular weight excluding hydrogens is 306 g/mol. The Hall–Kier alpha value is -3.44. The first-order valence-electron chi connectivity index (χ1n) is 7.13. The van der Waals surface area contributed by atoms with Crippen molar-refractivity contribution in [2.75, 3.05) is 5.73 Å². The fourth-order valence-corrected chi connectivity index (χ4v) is 2.14. The number of rotatable bonds is 4. The third-order valence-electron chi connectivity index (χ3n) is 3.36. The van der Waals surface area contributed by atoms with Gasteiger partial charge in [0.05, 0.1) is 17.2 Å². The summed E-state index contributed by atoms with van der Waals surface area (Å²) in [5.74, 6) is 1.70.